The van der Waals surface area contributed by atoms with Crippen LogP contribution in [0, 0.1) is 17.3 Å². The Morgan fingerprint density at radius 2 is 1.12 bits per heavy atom. The van der Waals surface area contributed by atoms with Crippen molar-refractivity contribution in [3.05, 3.63) is 89.8 Å². The standard InChI is InChI=1S/C52H63N9O6/c1-30(2)43(58-50(64)66-5)48(62)60-23-9-11-41(60)46-53-28-39(56-46)33-15-13-32(14-16-33)38-25-36-26-52(21-7-8-22-52)27-37(36)45(55-38)35-19-17-34(18-20-35)40-29-54-47(57-40)42-12-10-24-61(42)49(63)44(31(3)4)59-51(65)67-6/h13-20,25,28-31,41-44H,7-12,21-24,26-27H2,1-6H3,(H,53,56)(H,54,57)(H,58,64)(H,59,65)/t41-,42-,43-,44-/m0/s1. The van der Waals surface area contributed by atoms with Crippen LogP contribution >= 0.6 is 0 Å². The van der Waals surface area contributed by atoms with Gasteiger partial charge in [-0.1, -0.05) is 89.1 Å². The zero-order valence-corrected chi connectivity index (χ0v) is 39.5. The van der Waals surface area contributed by atoms with Crippen molar-refractivity contribution < 1.29 is 28.7 Å². The maximum absolute atomic E-state index is 13.7. The van der Waals surface area contributed by atoms with E-state index in [0.717, 1.165) is 95.2 Å². The smallest absolute Gasteiger partial charge is 0.407 e. The summed E-state index contributed by atoms with van der Waals surface area (Å²) in [6.07, 6.45) is 12.9. The minimum absolute atomic E-state index is 0.110. The molecule has 2 aromatic carbocycles. The van der Waals surface area contributed by atoms with Gasteiger partial charge in [0.15, 0.2) is 0 Å². The van der Waals surface area contributed by atoms with Crippen molar-refractivity contribution in [2.75, 3.05) is 27.3 Å². The summed E-state index contributed by atoms with van der Waals surface area (Å²) in [6, 6.07) is 17.5. The normalized spacial score (nSPS) is 19.5. The van der Waals surface area contributed by atoms with Gasteiger partial charge in [-0.2, -0.15) is 0 Å². The zero-order chi connectivity index (χ0) is 47.0. The van der Waals surface area contributed by atoms with E-state index in [1.54, 1.807) is 0 Å². The average Bonchev–Trinajstić information content (AvgIpc) is 4.20. The van der Waals surface area contributed by atoms with Crippen LogP contribution in [0.5, 0.6) is 0 Å². The Hall–Kier alpha value is -6.51. The number of hydrogen-bond donors (Lipinski definition) is 4. The van der Waals surface area contributed by atoms with Gasteiger partial charge in [0.05, 0.1) is 61.5 Å². The molecule has 9 rings (SSSR count). The van der Waals surface area contributed by atoms with Crippen molar-refractivity contribution in [1.82, 2.24) is 45.4 Å². The molecular formula is C52H63N9O6. The van der Waals surface area contributed by atoms with Gasteiger partial charge in [-0.3, -0.25) is 9.59 Å². The summed E-state index contributed by atoms with van der Waals surface area (Å²) in [4.78, 5) is 77.2. The predicted octanol–water partition coefficient (Wildman–Crippen LogP) is 8.94. The molecule has 0 radical (unpaired) electrons. The maximum Gasteiger partial charge on any atom is 0.407 e. The van der Waals surface area contributed by atoms with Crippen LogP contribution < -0.4 is 10.6 Å². The fourth-order valence-electron chi connectivity index (χ4n) is 11.0. The SMILES string of the molecule is COC(=O)N[C@H](C(=O)N1CCC[C@H]1c1ncc(-c2ccc(-c3cc4c(c(-c5ccc(-c6cnc([C@@H]7CCCN7C(=O)[C@@H](NC(=O)OC)C(C)C)[nH]6)cc5)n3)CC3(CCCC3)C4)cc2)[nH]1)C(C)C. The number of aromatic amines is 2. The Morgan fingerprint density at radius 1 is 0.657 bits per heavy atom. The van der Waals surface area contributed by atoms with Crippen molar-refractivity contribution in [2.24, 2.45) is 17.3 Å². The van der Waals surface area contributed by atoms with E-state index in [-0.39, 0.29) is 35.7 Å². The molecule has 4 atom stereocenters. The number of aromatic nitrogens is 5. The van der Waals surface area contributed by atoms with Gasteiger partial charge in [0.25, 0.3) is 0 Å². The number of imidazole rings is 2. The Bertz CT molecular complexity index is 2610. The first kappa shape index (κ1) is 45.6. The first-order chi connectivity index (χ1) is 32.3. The zero-order valence-electron chi connectivity index (χ0n) is 39.5. The van der Waals surface area contributed by atoms with E-state index >= 15 is 0 Å². The number of amides is 4. The van der Waals surface area contributed by atoms with Gasteiger partial charge in [-0.25, -0.2) is 24.5 Å². The van der Waals surface area contributed by atoms with Gasteiger partial charge in [-0.05, 0) is 96.9 Å². The summed E-state index contributed by atoms with van der Waals surface area (Å²) in [5.74, 6) is 0.974. The van der Waals surface area contributed by atoms with Crippen LogP contribution in [0.2, 0.25) is 0 Å². The molecule has 15 heteroatoms. The predicted molar refractivity (Wildman–Crippen MR) is 254 cm³/mol. The quantitative estimate of drug-likeness (QED) is 0.0948. The molecule has 3 fully saturated rings. The number of nitrogens with zero attached hydrogens (tertiary/aromatic N) is 5. The molecule has 4 N–H and O–H groups in total. The molecule has 15 nitrogen and oxygen atoms in total. The van der Waals surface area contributed by atoms with Gasteiger partial charge in [0.1, 0.15) is 23.7 Å². The molecule has 67 heavy (non-hydrogen) atoms. The van der Waals surface area contributed by atoms with Crippen LogP contribution in [0.25, 0.3) is 45.0 Å². The van der Waals surface area contributed by atoms with E-state index in [2.05, 4.69) is 75.2 Å². The first-order valence-corrected chi connectivity index (χ1v) is 24.0. The number of ether oxygens (including phenoxy) is 2. The Balaban J connectivity index is 0.941. The highest BCUT2D eigenvalue weighted by Gasteiger charge is 2.42. The van der Waals surface area contributed by atoms with E-state index in [0.29, 0.717) is 18.5 Å². The lowest BCUT2D eigenvalue weighted by molar-refractivity contribution is -0.136. The van der Waals surface area contributed by atoms with Crippen LogP contribution in [0.4, 0.5) is 9.59 Å². The Morgan fingerprint density at radius 3 is 1.58 bits per heavy atom. The minimum Gasteiger partial charge on any atom is -0.453 e. The molecule has 0 unspecified atom stereocenters. The lowest BCUT2D eigenvalue weighted by atomic mass is 9.83. The molecule has 352 valence electrons. The molecule has 4 aliphatic rings. The minimum atomic E-state index is -0.694. The molecule has 2 aliphatic heterocycles. The van der Waals surface area contributed by atoms with E-state index in [1.807, 2.05) is 49.9 Å². The summed E-state index contributed by atoms with van der Waals surface area (Å²) in [6.45, 7) is 8.84. The first-order valence-electron chi connectivity index (χ1n) is 24.0. The Kier molecular flexibility index (Phi) is 12.9. The van der Waals surface area contributed by atoms with Crippen LogP contribution in [0.3, 0.4) is 0 Å². The van der Waals surface area contributed by atoms with Crippen molar-refractivity contribution in [1.29, 1.82) is 0 Å². The van der Waals surface area contributed by atoms with Crippen LogP contribution in [-0.4, -0.2) is 98.1 Å². The molecule has 2 aliphatic carbocycles. The number of methoxy groups -OCH3 is 2. The monoisotopic (exact) mass is 909 g/mol. The molecule has 1 saturated carbocycles. The molecule has 5 heterocycles. The maximum atomic E-state index is 13.7. The molecule has 3 aromatic heterocycles. The van der Waals surface area contributed by atoms with Crippen molar-refractivity contribution in [2.45, 2.75) is 116 Å². The number of likely N-dealkylation sites (tertiary alicyclic amines) is 2. The van der Waals surface area contributed by atoms with Gasteiger partial charge >= 0.3 is 12.2 Å². The fourth-order valence-corrected chi connectivity index (χ4v) is 11.0. The lowest BCUT2D eigenvalue weighted by Gasteiger charge is -2.30. The third kappa shape index (κ3) is 9.16. The number of alkyl carbamates (subject to hydrolysis) is 2. The van der Waals surface area contributed by atoms with E-state index in [4.69, 9.17) is 24.4 Å². The van der Waals surface area contributed by atoms with Crippen LogP contribution in [0.15, 0.2) is 67.0 Å². The van der Waals surface area contributed by atoms with Gasteiger partial charge in [0, 0.05) is 24.2 Å². The number of fused-ring (bicyclic) bond motifs is 1. The average molecular weight is 910 g/mol. The second-order valence-electron chi connectivity index (χ2n) is 19.7. The van der Waals surface area contributed by atoms with Crippen LogP contribution in [-0.2, 0) is 31.9 Å². The van der Waals surface area contributed by atoms with E-state index in [9.17, 15) is 19.2 Å². The third-order valence-electron chi connectivity index (χ3n) is 14.6. The number of benzene rings is 2. The lowest BCUT2D eigenvalue weighted by Crippen LogP contribution is -2.51. The second-order valence-corrected chi connectivity index (χ2v) is 19.7. The third-order valence-corrected chi connectivity index (χ3v) is 14.6. The fraction of sp³-hybridized carbons (Fsp3) is 0.481. The van der Waals surface area contributed by atoms with Crippen LogP contribution in [0.1, 0.15) is 114 Å². The molecular weight excluding hydrogens is 847 g/mol. The number of carbonyl (C=O) groups is 4. The summed E-state index contributed by atoms with van der Waals surface area (Å²) >= 11 is 0. The molecule has 0 bridgehead atoms. The van der Waals surface area contributed by atoms with E-state index in [1.165, 1.54) is 51.0 Å². The highest BCUT2D eigenvalue weighted by Crippen LogP contribution is 2.51. The van der Waals surface area contributed by atoms with Crippen molar-refractivity contribution in [3.63, 3.8) is 0 Å². The molecule has 4 amide bonds. The summed E-state index contributed by atoms with van der Waals surface area (Å²) in [5, 5.41) is 5.45. The molecule has 5 aromatic rings. The molecule has 1 spiro atoms. The number of rotatable bonds is 12. The highest BCUT2D eigenvalue weighted by atomic mass is 16.5. The van der Waals surface area contributed by atoms with Gasteiger partial charge in [0.2, 0.25) is 11.8 Å². The van der Waals surface area contributed by atoms with Gasteiger partial charge in [-0.15, -0.1) is 0 Å². The summed E-state index contributed by atoms with van der Waals surface area (Å²) < 4.78 is 9.61. The summed E-state index contributed by atoms with van der Waals surface area (Å²) in [5.41, 5.74) is 10.9. The van der Waals surface area contributed by atoms with Gasteiger partial charge < -0.3 is 39.9 Å². The number of pyridine rings is 1. The topological polar surface area (TPSA) is 188 Å². The summed E-state index contributed by atoms with van der Waals surface area (Å²) in [7, 11) is 2.60. The van der Waals surface area contributed by atoms with Crippen molar-refractivity contribution in [3.8, 4) is 45.0 Å². The highest BCUT2D eigenvalue weighted by molar-refractivity contribution is 5.87. The second kappa shape index (κ2) is 19.0. The largest absolute Gasteiger partial charge is 0.453 e. The number of nitrogens with one attached hydrogen (secondary N) is 4. The van der Waals surface area contributed by atoms with Crippen molar-refractivity contribution >= 4 is 24.0 Å². The number of carbonyl (C=O) groups excluding carboxylic acids is 4. The number of H-pyrrole nitrogens is 2. The van der Waals surface area contributed by atoms with E-state index < -0.39 is 24.3 Å². The molecule has 2 saturated heterocycles. The number of hydrogen-bond acceptors (Lipinski definition) is 9. The Labute approximate surface area is 392 Å².